The summed E-state index contributed by atoms with van der Waals surface area (Å²) in [6.45, 7) is 1.56. The number of morpholine rings is 1. The van der Waals surface area contributed by atoms with Crippen LogP contribution in [0.3, 0.4) is 0 Å². The molecule has 1 aromatic heterocycles. The number of anilines is 1. The fourth-order valence-electron chi connectivity index (χ4n) is 3.21. The molecule has 0 atom stereocenters. The van der Waals surface area contributed by atoms with E-state index in [4.69, 9.17) is 4.74 Å². The Morgan fingerprint density at radius 2 is 1.71 bits per heavy atom. The zero-order valence-corrected chi connectivity index (χ0v) is 15.3. The standard InChI is InChI=1S/C19H15F3N2O3S/c20-12-1-4-17-14(9-12)19(24-5-7-27-8-6-24)18(11-23-17)28(25,26)13-2-3-15(21)16(22)10-13/h1-4,9-11H,5-8H2. The number of benzene rings is 2. The SMILES string of the molecule is O=S(=O)(c1ccc(F)c(F)c1)c1cnc2ccc(F)cc2c1N1CCOCC1. The summed E-state index contributed by atoms with van der Waals surface area (Å²) < 4.78 is 72.6. The van der Waals surface area contributed by atoms with Gasteiger partial charge in [0.25, 0.3) is 0 Å². The molecule has 0 saturated carbocycles. The van der Waals surface area contributed by atoms with Crippen molar-refractivity contribution in [2.24, 2.45) is 0 Å². The third kappa shape index (κ3) is 3.20. The summed E-state index contributed by atoms with van der Waals surface area (Å²) in [5.41, 5.74) is 0.699. The second-order valence-corrected chi connectivity index (χ2v) is 8.23. The van der Waals surface area contributed by atoms with Gasteiger partial charge < -0.3 is 9.64 Å². The number of hydrogen-bond donors (Lipinski definition) is 0. The van der Waals surface area contributed by atoms with Crippen LogP contribution in [-0.4, -0.2) is 39.7 Å². The van der Waals surface area contributed by atoms with Gasteiger partial charge in [0.1, 0.15) is 10.7 Å². The molecule has 0 spiro atoms. The van der Waals surface area contributed by atoms with Crippen molar-refractivity contribution in [2.45, 2.75) is 9.79 Å². The number of aromatic nitrogens is 1. The first-order chi connectivity index (χ1) is 13.4. The summed E-state index contributed by atoms with van der Waals surface area (Å²) in [7, 11) is -4.24. The normalized spacial score (nSPS) is 15.2. The van der Waals surface area contributed by atoms with Gasteiger partial charge in [0.15, 0.2) is 11.6 Å². The highest BCUT2D eigenvalue weighted by molar-refractivity contribution is 7.91. The zero-order valence-electron chi connectivity index (χ0n) is 14.5. The van der Waals surface area contributed by atoms with Gasteiger partial charge in [-0.2, -0.15) is 0 Å². The highest BCUT2D eigenvalue weighted by atomic mass is 32.2. The van der Waals surface area contributed by atoms with Crippen LogP contribution in [0, 0.1) is 17.5 Å². The molecule has 0 radical (unpaired) electrons. The Labute approximate surface area is 159 Å². The maximum atomic E-state index is 13.9. The maximum Gasteiger partial charge on any atom is 0.210 e. The largest absolute Gasteiger partial charge is 0.378 e. The lowest BCUT2D eigenvalue weighted by Crippen LogP contribution is -2.37. The predicted octanol–water partition coefficient (Wildman–Crippen LogP) is 3.32. The Morgan fingerprint density at radius 3 is 2.43 bits per heavy atom. The molecule has 1 aliphatic rings. The fourth-order valence-corrected chi connectivity index (χ4v) is 4.66. The van der Waals surface area contributed by atoms with Crippen molar-refractivity contribution in [3.63, 3.8) is 0 Å². The van der Waals surface area contributed by atoms with Crippen molar-refractivity contribution in [1.82, 2.24) is 4.98 Å². The van der Waals surface area contributed by atoms with Gasteiger partial charge >= 0.3 is 0 Å². The molecule has 9 heteroatoms. The molecule has 2 aromatic carbocycles. The van der Waals surface area contributed by atoms with E-state index < -0.39 is 32.2 Å². The second-order valence-electron chi connectivity index (χ2n) is 6.31. The first kappa shape index (κ1) is 18.7. The molecule has 0 aliphatic carbocycles. The number of hydrogen-bond acceptors (Lipinski definition) is 5. The van der Waals surface area contributed by atoms with Gasteiger partial charge in [-0.3, -0.25) is 4.98 Å². The van der Waals surface area contributed by atoms with Crippen LogP contribution in [-0.2, 0) is 14.6 Å². The molecule has 0 N–H and O–H groups in total. The smallest absolute Gasteiger partial charge is 0.210 e. The summed E-state index contributed by atoms with van der Waals surface area (Å²) in [6.07, 6.45) is 1.17. The minimum Gasteiger partial charge on any atom is -0.378 e. The molecule has 3 aromatic rings. The predicted molar refractivity (Wildman–Crippen MR) is 96.5 cm³/mol. The minimum atomic E-state index is -4.24. The van der Waals surface area contributed by atoms with Gasteiger partial charge in [0.05, 0.1) is 29.3 Å². The van der Waals surface area contributed by atoms with E-state index in [0.29, 0.717) is 43.3 Å². The van der Waals surface area contributed by atoms with Gasteiger partial charge in [0, 0.05) is 24.7 Å². The lowest BCUT2D eigenvalue weighted by molar-refractivity contribution is 0.122. The van der Waals surface area contributed by atoms with E-state index >= 15 is 0 Å². The second kappa shape index (κ2) is 7.06. The molecule has 0 bridgehead atoms. The number of pyridine rings is 1. The van der Waals surface area contributed by atoms with Crippen LogP contribution >= 0.6 is 0 Å². The zero-order chi connectivity index (χ0) is 19.9. The minimum absolute atomic E-state index is 0.196. The summed E-state index contributed by atoms with van der Waals surface area (Å²) in [4.78, 5) is 5.32. The average molecular weight is 408 g/mol. The molecular formula is C19H15F3N2O3S. The first-order valence-corrected chi connectivity index (χ1v) is 9.97. The van der Waals surface area contributed by atoms with Crippen molar-refractivity contribution in [3.8, 4) is 0 Å². The number of nitrogens with zero attached hydrogens (tertiary/aromatic N) is 2. The Morgan fingerprint density at radius 1 is 0.964 bits per heavy atom. The molecule has 2 heterocycles. The number of halogens is 3. The number of ether oxygens (including phenoxy) is 1. The van der Waals surface area contributed by atoms with Gasteiger partial charge in [-0.05, 0) is 36.4 Å². The van der Waals surface area contributed by atoms with Crippen molar-refractivity contribution in [2.75, 3.05) is 31.2 Å². The monoisotopic (exact) mass is 408 g/mol. The van der Waals surface area contributed by atoms with Gasteiger partial charge in [-0.15, -0.1) is 0 Å². The lowest BCUT2D eigenvalue weighted by atomic mass is 10.1. The molecule has 0 unspecified atom stereocenters. The highest BCUT2D eigenvalue weighted by Gasteiger charge is 2.28. The fraction of sp³-hybridized carbons (Fsp3) is 0.211. The topological polar surface area (TPSA) is 59.5 Å². The van der Waals surface area contributed by atoms with Crippen molar-refractivity contribution < 1.29 is 26.3 Å². The van der Waals surface area contributed by atoms with E-state index in [9.17, 15) is 21.6 Å². The van der Waals surface area contributed by atoms with Crippen LogP contribution in [0.5, 0.6) is 0 Å². The molecule has 1 saturated heterocycles. The summed E-state index contributed by atoms with van der Waals surface area (Å²) >= 11 is 0. The van der Waals surface area contributed by atoms with Crippen LogP contribution < -0.4 is 4.90 Å². The van der Waals surface area contributed by atoms with Crippen LogP contribution in [0.15, 0.2) is 52.4 Å². The Hall–Kier alpha value is -2.65. The van der Waals surface area contributed by atoms with Crippen LogP contribution in [0.25, 0.3) is 10.9 Å². The van der Waals surface area contributed by atoms with Crippen LogP contribution in [0.1, 0.15) is 0 Å². The summed E-state index contributed by atoms with van der Waals surface area (Å²) in [5.74, 6) is -2.95. The third-order valence-electron chi connectivity index (χ3n) is 4.59. The van der Waals surface area contributed by atoms with Crippen molar-refractivity contribution in [1.29, 1.82) is 0 Å². The van der Waals surface area contributed by atoms with Crippen molar-refractivity contribution in [3.05, 3.63) is 60.0 Å². The first-order valence-electron chi connectivity index (χ1n) is 8.49. The average Bonchev–Trinajstić information content (AvgIpc) is 2.69. The Bertz CT molecular complexity index is 1160. The van der Waals surface area contributed by atoms with Gasteiger partial charge in [-0.25, -0.2) is 21.6 Å². The summed E-state index contributed by atoms with van der Waals surface area (Å²) in [6, 6.07) is 6.29. The van der Waals surface area contributed by atoms with E-state index in [1.54, 1.807) is 4.90 Å². The van der Waals surface area contributed by atoms with Crippen LogP contribution in [0.4, 0.5) is 18.9 Å². The quantitative estimate of drug-likeness (QED) is 0.623. The van der Waals surface area contributed by atoms with E-state index in [1.807, 2.05) is 0 Å². The molecular weight excluding hydrogens is 393 g/mol. The van der Waals surface area contributed by atoms with Crippen LogP contribution in [0.2, 0.25) is 0 Å². The molecule has 1 fully saturated rings. The Kier molecular flexibility index (Phi) is 4.72. The van der Waals surface area contributed by atoms with Gasteiger partial charge in [0.2, 0.25) is 9.84 Å². The molecule has 5 nitrogen and oxygen atoms in total. The van der Waals surface area contributed by atoms with E-state index in [1.165, 1.54) is 24.4 Å². The molecule has 28 heavy (non-hydrogen) atoms. The highest BCUT2D eigenvalue weighted by Crippen LogP contribution is 2.36. The maximum absolute atomic E-state index is 13.9. The summed E-state index contributed by atoms with van der Waals surface area (Å²) in [5, 5.41) is 0.325. The van der Waals surface area contributed by atoms with Crippen molar-refractivity contribution >= 4 is 26.4 Å². The van der Waals surface area contributed by atoms with E-state index in [2.05, 4.69) is 4.98 Å². The Balaban J connectivity index is 1.98. The van der Waals surface area contributed by atoms with E-state index in [0.717, 1.165) is 12.1 Å². The lowest BCUT2D eigenvalue weighted by Gasteiger charge is -2.31. The molecule has 1 aliphatic heterocycles. The number of rotatable bonds is 3. The molecule has 146 valence electrons. The number of fused-ring (bicyclic) bond motifs is 1. The van der Waals surface area contributed by atoms with Gasteiger partial charge in [-0.1, -0.05) is 0 Å². The van der Waals surface area contributed by atoms with E-state index in [-0.39, 0.29) is 10.6 Å². The number of sulfone groups is 1. The molecule has 4 rings (SSSR count). The molecule has 0 amide bonds. The third-order valence-corrected chi connectivity index (χ3v) is 6.34.